The molecular weight excluding hydrogens is 416 g/mol. The van der Waals surface area contributed by atoms with Crippen LogP contribution in [0.15, 0.2) is 30.3 Å². The van der Waals surface area contributed by atoms with E-state index in [0.717, 1.165) is 70.6 Å². The first-order chi connectivity index (χ1) is 14.4. The second-order valence-corrected chi connectivity index (χ2v) is 9.33. The molecule has 0 bridgehead atoms. The minimum Gasteiger partial charge on any atom is -0.351 e. The Hall–Kier alpha value is -2.15. The molecule has 0 aliphatic carbocycles. The summed E-state index contributed by atoms with van der Waals surface area (Å²) in [4.78, 5) is 22.1. The third-order valence-electron chi connectivity index (χ3n) is 5.73. The van der Waals surface area contributed by atoms with Gasteiger partial charge in [0, 0.05) is 49.9 Å². The van der Waals surface area contributed by atoms with Gasteiger partial charge in [-0.1, -0.05) is 40.6 Å². The minimum atomic E-state index is 0.0124. The van der Waals surface area contributed by atoms with E-state index < -0.39 is 0 Å². The summed E-state index contributed by atoms with van der Waals surface area (Å²) in [5.41, 5.74) is 4.95. The summed E-state index contributed by atoms with van der Waals surface area (Å²) < 4.78 is 1.18. The molecule has 0 unspecified atom stereocenters. The van der Waals surface area contributed by atoms with Crippen molar-refractivity contribution in [2.45, 2.75) is 20.8 Å². The number of carbonyl (C=O) groups is 1. The number of aryl methyl sites for hydroxylation is 3. The molecule has 1 N–H and O–H groups in total. The number of fused-ring (bicyclic) bond motifs is 1. The van der Waals surface area contributed by atoms with Crippen LogP contribution in [0.2, 0.25) is 5.02 Å². The molecule has 7 heteroatoms. The van der Waals surface area contributed by atoms with E-state index in [9.17, 15) is 4.79 Å². The second-order valence-electron chi connectivity index (χ2n) is 7.92. The topological polar surface area (TPSA) is 48.5 Å². The predicted octanol–water partition coefficient (Wildman–Crippen LogP) is 4.43. The van der Waals surface area contributed by atoms with Crippen molar-refractivity contribution in [2.24, 2.45) is 0 Å². The van der Waals surface area contributed by atoms with E-state index in [4.69, 9.17) is 16.6 Å². The summed E-state index contributed by atoms with van der Waals surface area (Å²) in [6.45, 7) is 11.4. The fraction of sp³-hybridized carbons (Fsp3) is 0.391. The number of thiazole rings is 1. The van der Waals surface area contributed by atoms with E-state index in [1.807, 2.05) is 45.0 Å². The quantitative estimate of drug-likeness (QED) is 0.635. The van der Waals surface area contributed by atoms with Crippen LogP contribution in [-0.2, 0) is 0 Å². The first-order valence-electron chi connectivity index (χ1n) is 10.3. The molecule has 0 spiro atoms. The molecule has 1 saturated heterocycles. The van der Waals surface area contributed by atoms with Crippen molar-refractivity contribution < 1.29 is 4.79 Å². The highest BCUT2D eigenvalue weighted by Gasteiger charge is 2.20. The molecule has 1 aliphatic heterocycles. The van der Waals surface area contributed by atoms with Crippen LogP contribution in [0.3, 0.4) is 0 Å². The third kappa shape index (κ3) is 4.46. The van der Waals surface area contributed by atoms with E-state index in [-0.39, 0.29) is 5.91 Å². The number of amides is 1. The maximum absolute atomic E-state index is 12.5. The maximum atomic E-state index is 12.5. The average Bonchev–Trinajstić information content (AvgIpc) is 3.18. The van der Waals surface area contributed by atoms with Crippen LogP contribution in [0, 0.1) is 20.8 Å². The van der Waals surface area contributed by atoms with Gasteiger partial charge in [-0.25, -0.2) is 4.98 Å². The third-order valence-corrected chi connectivity index (χ3v) is 7.22. The first kappa shape index (κ1) is 21.1. The molecule has 0 saturated carbocycles. The van der Waals surface area contributed by atoms with E-state index in [1.165, 1.54) is 4.70 Å². The fourth-order valence-electron chi connectivity index (χ4n) is 3.79. The number of carbonyl (C=O) groups excluding carboxylic acids is 1. The smallest absolute Gasteiger partial charge is 0.251 e. The van der Waals surface area contributed by atoms with Gasteiger partial charge in [0.2, 0.25) is 0 Å². The number of anilines is 1. The summed E-state index contributed by atoms with van der Waals surface area (Å²) in [6, 6.07) is 10.00. The van der Waals surface area contributed by atoms with Crippen LogP contribution in [-0.4, -0.2) is 55.1 Å². The number of benzene rings is 2. The monoisotopic (exact) mass is 442 g/mol. The largest absolute Gasteiger partial charge is 0.351 e. The number of nitrogens with zero attached hydrogens (tertiary/aromatic N) is 3. The molecule has 0 atom stereocenters. The zero-order valence-corrected chi connectivity index (χ0v) is 19.2. The highest BCUT2D eigenvalue weighted by atomic mass is 35.5. The van der Waals surface area contributed by atoms with Crippen molar-refractivity contribution in [3.8, 4) is 0 Å². The number of halogens is 1. The molecule has 30 heavy (non-hydrogen) atoms. The van der Waals surface area contributed by atoms with Crippen LogP contribution in [0.1, 0.15) is 27.0 Å². The van der Waals surface area contributed by atoms with E-state index in [1.54, 1.807) is 11.3 Å². The van der Waals surface area contributed by atoms with Crippen LogP contribution in [0.4, 0.5) is 5.13 Å². The predicted molar refractivity (Wildman–Crippen MR) is 126 cm³/mol. The number of piperazine rings is 1. The molecule has 158 valence electrons. The lowest BCUT2D eigenvalue weighted by atomic mass is 10.1. The zero-order chi connectivity index (χ0) is 21.3. The van der Waals surface area contributed by atoms with Crippen molar-refractivity contribution in [1.29, 1.82) is 0 Å². The standard InChI is InChI=1S/C23H27ClN4OS/c1-15-4-5-16(2)18(14-15)22(29)25-8-9-27-10-12-28(13-11-27)23-26-21-17(3)19(24)6-7-20(21)30-23/h4-7,14H,8-13H2,1-3H3,(H,25,29). The number of hydrogen-bond donors (Lipinski definition) is 1. The minimum absolute atomic E-state index is 0.0124. The number of aromatic nitrogens is 1. The molecule has 0 radical (unpaired) electrons. The van der Waals surface area contributed by atoms with Crippen LogP contribution in [0.5, 0.6) is 0 Å². The summed E-state index contributed by atoms with van der Waals surface area (Å²) in [5, 5.41) is 4.91. The van der Waals surface area contributed by atoms with Crippen molar-refractivity contribution in [1.82, 2.24) is 15.2 Å². The Bertz CT molecular complexity index is 1070. The number of hydrogen-bond acceptors (Lipinski definition) is 5. The van der Waals surface area contributed by atoms with Gasteiger partial charge in [0.1, 0.15) is 0 Å². The first-order valence-corrected chi connectivity index (χ1v) is 11.5. The lowest BCUT2D eigenvalue weighted by molar-refractivity contribution is 0.0947. The summed E-state index contributed by atoms with van der Waals surface area (Å²) in [7, 11) is 0. The Labute approximate surface area is 186 Å². The molecular formula is C23H27ClN4OS. The van der Waals surface area contributed by atoms with Crippen LogP contribution >= 0.6 is 22.9 Å². The lowest BCUT2D eigenvalue weighted by Crippen LogP contribution is -2.48. The maximum Gasteiger partial charge on any atom is 0.251 e. The van der Waals surface area contributed by atoms with E-state index >= 15 is 0 Å². The average molecular weight is 443 g/mol. The van der Waals surface area contributed by atoms with Gasteiger partial charge in [-0.05, 0) is 50.1 Å². The molecule has 2 heterocycles. The summed E-state index contributed by atoms with van der Waals surface area (Å²) >= 11 is 7.97. The molecule has 4 rings (SSSR count). The lowest BCUT2D eigenvalue weighted by Gasteiger charge is -2.34. The molecule has 5 nitrogen and oxygen atoms in total. The van der Waals surface area contributed by atoms with Gasteiger partial charge in [-0.3, -0.25) is 9.69 Å². The van der Waals surface area contributed by atoms with Gasteiger partial charge in [0.25, 0.3) is 5.91 Å². The van der Waals surface area contributed by atoms with E-state index in [2.05, 4.69) is 21.2 Å². The van der Waals surface area contributed by atoms with Gasteiger partial charge in [0.05, 0.1) is 10.2 Å². The van der Waals surface area contributed by atoms with Crippen molar-refractivity contribution >= 4 is 44.2 Å². The van der Waals surface area contributed by atoms with Crippen LogP contribution in [0.25, 0.3) is 10.2 Å². The fourth-order valence-corrected chi connectivity index (χ4v) is 5.02. The Kier molecular flexibility index (Phi) is 6.27. The van der Waals surface area contributed by atoms with Gasteiger partial charge in [-0.2, -0.15) is 0 Å². The van der Waals surface area contributed by atoms with Gasteiger partial charge in [-0.15, -0.1) is 0 Å². The summed E-state index contributed by atoms with van der Waals surface area (Å²) in [5.74, 6) is 0.0124. The van der Waals surface area contributed by atoms with Crippen molar-refractivity contribution in [3.63, 3.8) is 0 Å². The van der Waals surface area contributed by atoms with Crippen molar-refractivity contribution in [3.05, 3.63) is 57.6 Å². The molecule has 1 aliphatic rings. The Balaban J connectivity index is 1.28. The molecule has 1 fully saturated rings. The SMILES string of the molecule is Cc1ccc(C)c(C(=O)NCCN2CCN(c3nc4c(C)c(Cl)ccc4s3)CC2)c1. The molecule has 1 aromatic heterocycles. The zero-order valence-electron chi connectivity index (χ0n) is 17.7. The summed E-state index contributed by atoms with van der Waals surface area (Å²) in [6.07, 6.45) is 0. The normalized spacial score (nSPS) is 15.0. The number of rotatable bonds is 5. The molecule has 2 aromatic carbocycles. The Morgan fingerprint density at radius 3 is 2.67 bits per heavy atom. The highest BCUT2D eigenvalue weighted by Crippen LogP contribution is 2.33. The highest BCUT2D eigenvalue weighted by molar-refractivity contribution is 7.22. The Morgan fingerprint density at radius 1 is 1.13 bits per heavy atom. The van der Waals surface area contributed by atoms with Crippen LogP contribution < -0.4 is 10.2 Å². The second kappa shape index (κ2) is 8.92. The van der Waals surface area contributed by atoms with Gasteiger partial charge < -0.3 is 10.2 Å². The Morgan fingerprint density at radius 2 is 1.90 bits per heavy atom. The molecule has 3 aromatic rings. The number of nitrogens with one attached hydrogen (secondary N) is 1. The van der Waals surface area contributed by atoms with Gasteiger partial charge >= 0.3 is 0 Å². The van der Waals surface area contributed by atoms with Gasteiger partial charge in [0.15, 0.2) is 5.13 Å². The van der Waals surface area contributed by atoms with E-state index in [0.29, 0.717) is 6.54 Å². The molecule has 1 amide bonds. The van der Waals surface area contributed by atoms with Crippen molar-refractivity contribution in [2.75, 3.05) is 44.2 Å².